The monoisotopic (exact) mass is 618 g/mol. The molecule has 1 fully saturated rings. The molecule has 12 heteroatoms. The Morgan fingerprint density at radius 3 is 2.59 bits per heavy atom. The summed E-state index contributed by atoms with van der Waals surface area (Å²) < 4.78 is 23.9. The number of carboxylic acid groups (broad SMARTS) is 1. The van der Waals surface area contributed by atoms with Crippen molar-refractivity contribution < 1.29 is 54.1 Å². The first-order valence-corrected chi connectivity index (χ1v) is 15.0. The first-order valence-electron chi connectivity index (χ1n) is 15.0. The summed E-state index contributed by atoms with van der Waals surface area (Å²) >= 11 is 0. The van der Waals surface area contributed by atoms with Crippen LogP contribution >= 0.6 is 0 Å². The van der Waals surface area contributed by atoms with Gasteiger partial charge in [0.15, 0.2) is 11.9 Å². The molecule has 0 unspecified atom stereocenters. The molecule has 244 valence electrons. The number of fused-ring (bicyclic) bond motifs is 1. The highest BCUT2D eigenvalue weighted by Gasteiger charge is 2.64. The summed E-state index contributed by atoms with van der Waals surface area (Å²) in [6.07, 6.45) is -0.0785. The lowest BCUT2D eigenvalue weighted by Crippen LogP contribution is -2.74. The quantitative estimate of drug-likeness (QED) is 0.159. The van der Waals surface area contributed by atoms with Crippen LogP contribution in [0.2, 0.25) is 0 Å². The SMILES string of the molecule is C=C[C@@H]1[C@H](CC(=O)O)C(C(=O)OC)=CC[C@H]1O[C@@H]1O[C@H](CO)[C@]2(C=c3cc(C(C)C)[n-]c3=C(CCCO)O2)[C@H](O)[C@]1(O)CC. The largest absolute Gasteiger partial charge is 0.658 e. The van der Waals surface area contributed by atoms with Gasteiger partial charge in [0.2, 0.25) is 0 Å². The molecule has 2 aliphatic heterocycles. The van der Waals surface area contributed by atoms with E-state index in [1.807, 2.05) is 19.9 Å². The molecule has 0 saturated carbocycles. The van der Waals surface area contributed by atoms with Gasteiger partial charge in [0.1, 0.15) is 17.8 Å². The minimum atomic E-state index is -2.05. The van der Waals surface area contributed by atoms with Crippen molar-refractivity contribution in [1.82, 2.24) is 4.98 Å². The van der Waals surface area contributed by atoms with Crippen molar-refractivity contribution in [2.24, 2.45) is 11.8 Å². The van der Waals surface area contributed by atoms with Crippen molar-refractivity contribution >= 4 is 23.8 Å². The van der Waals surface area contributed by atoms with Gasteiger partial charge in [-0.3, -0.25) is 4.79 Å². The van der Waals surface area contributed by atoms with Gasteiger partial charge in [-0.2, -0.15) is 5.69 Å². The Bertz CT molecular complexity index is 1380. The molecule has 0 bridgehead atoms. The van der Waals surface area contributed by atoms with E-state index in [1.54, 1.807) is 19.1 Å². The third-order valence-corrected chi connectivity index (χ3v) is 9.00. The van der Waals surface area contributed by atoms with Gasteiger partial charge in [-0.05, 0) is 36.5 Å². The number of carboxylic acids is 1. The van der Waals surface area contributed by atoms with Gasteiger partial charge in [-0.25, -0.2) is 4.79 Å². The highest BCUT2D eigenvalue weighted by Crippen LogP contribution is 2.46. The average Bonchev–Trinajstić information content (AvgIpc) is 3.44. The van der Waals surface area contributed by atoms with E-state index in [1.165, 1.54) is 13.2 Å². The molecular formula is C32H44NO11-. The van der Waals surface area contributed by atoms with E-state index < -0.39 is 72.6 Å². The Morgan fingerprint density at radius 1 is 1.30 bits per heavy atom. The number of aliphatic hydroxyl groups is 4. The maximum absolute atomic E-state index is 12.5. The first kappa shape index (κ1) is 33.9. The zero-order chi connectivity index (χ0) is 32.4. The predicted molar refractivity (Wildman–Crippen MR) is 157 cm³/mol. The van der Waals surface area contributed by atoms with Gasteiger partial charge in [0, 0.05) is 30.4 Å². The Morgan fingerprint density at radius 2 is 2.02 bits per heavy atom. The minimum Gasteiger partial charge on any atom is -0.658 e. The van der Waals surface area contributed by atoms with E-state index in [0.717, 1.165) is 5.69 Å². The summed E-state index contributed by atoms with van der Waals surface area (Å²) in [7, 11) is 1.21. The topological polar surface area (TPSA) is 186 Å². The van der Waals surface area contributed by atoms with Crippen LogP contribution in [-0.4, -0.2) is 93.6 Å². The molecule has 8 atom stereocenters. The van der Waals surface area contributed by atoms with Crippen LogP contribution in [0.5, 0.6) is 0 Å². The van der Waals surface area contributed by atoms with Crippen LogP contribution in [0.1, 0.15) is 64.5 Å². The molecule has 3 heterocycles. The number of hydrogen-bond donors (Lipinski definition) is 5. The summed E-state index contributed by atoms with van der Waals surface area (Å²) in [6, 6.07) is 1.88. The van der Waals surface area contributed by atoms with Crippen molar-refractivity contribution in [2.75, 3.05) is 20.3 Å². The van der Waals surface area contributed by atoms with Crippen LogP contribution in [-0.2, 0) is 28.5 Å². The molecule has 0 aromatic carbocycles. The van der Waals surface area contributed by atoms with E-state index in [9.17, 15) is 35.1 Å². The molecular weight excluding hydrogens is 574 g/mol. The lowest BCUT2D eigenvalue weighted by molar-refractivity contribution is -0.365. The maximum atomic E-state index is 12.5. The number of aromatic nitrogens is 1. The lowest BCUT2D eigenvalue weighted by atomic mass is 9.73. The highest BCUT2D eigenvalue weighted by atomic mass is 16.7. The van der Waals surface area contributed by atoms with Gasteiger partial charge in [-0.1, -0.05) is 44.3 Å². The summed E-state index contributed by atoms with van der Waals surface area (Å²) in [5, 5.41) is 55.0. The van der Waals surface area contributed by atoms with Gasteiger partial charge in [-0.15, -0.1) is 6.58 Å². The van der Waals surface area contributed by atoms with Crippen LogP contribution < -0.4 is 15.6 Å². The van der Waals surface area contributed by atoms with E-state index in [0.29, 0.717) is 29.2 Å². The van der Waals surface area contributed by atoms with Crippen LogP contribution in [0.25, 0.3) is 11.8 Å². The Hall–Kier alpha value is -3.00. The minimum absolute atomic E-state index is 0.0431. The summed E-state index contributed by atoms with van der Waals surface area (Å²) in [5.41, 5.74) is -2.79. The molecule has 1 aromatic heterocycles. The molecule has 1 aliphatic carbocycles. The lowest BCUT2D eigenvalue weighted by Gasteiger charge is -2.56. The predicted octanol–water partition coefficient (Wildman–Crippen LogP) is 0.198. The Kier molecular flexibility index (Phi) is 10.4. The standard InChI is InChI=1S/C32H44NO11/c1-6-19-21(14-26(36)37)20(28(38)41-5)10-11-23(19)42-30-31(40,7-2)29(39)32(25(16-35)43-30)15-18-13-22(17(3)4)33-27(18)24(44-32)9-8-12-34/h6,10,13,15,17,19,21,23,25,29-30,34-35,39-40H,1,7-9,11-12,14,16H2,2-5H3,(H,36,37)/q-1/t19-,21+,23-,25-,29-,30-,31-,32-/m1/s1. The number of ether oxygens (including phenoxy) is 4. The number of aliphatic hydroxyl groups excluding tert-OH is 3. The number of esters is 1. The normalized spacial score (nSPS) is 33.3. The van der Waals surface area contributed by atoms with E-state index in [-0.39, 0.29) is 30.9 Å². The van der Waals surface area contributed by atoms with Crippen LogP contribution in [0.15, 0.2) is 30.4 Å². The van der Waals surface area contributed by atoms with Gasteiger partial charge in [0.05, 0.1) is 32.0 Å². The molecule has 12 nitrogen and oxygen atoms in total. The fourth-order valence-electron chi connectivity index (χ4n) is 6.51. The third kappa shape index (κ3) is 5.99. The summed E-state index contributed by atoms with van der Waals surface area (Å²) in [6.45, 7) is 8.78. The second kappa shape index (κ2) is 13.6. The number of carbonyl (C=O) groups excluding carboxylic acids is 1. The molecule has 1 saturated heterocycles. The average molecular weight is 619 g/mol. The van der Waals surface area contributed by atoms with Crippen molar-refractivity contribution in [3.05, 3.63) is 46.6 Å². The van der Waals surface area contributed by atoms with Crippen molar-refractivity contribution in [3.63, 3.8) is 0 Å². The van der Waals surface area contributed by atoms with Crippen LogP contribution in [0.3, 0.4) is 0 Å². The molecule has 1 spiro atoms. The number of methoxy groups -OCH3 is 1. The Labute approximate surface area is 256 Å². The molecule has 0 amide bonds. The second-order valence-corrected chi connectivity index (χ2v) is 12.0. The van der Waals surface area contributed by atoms with Crippen molar-refractivity contribution in [3.8, 4) is 0 Å². The van der Waals surface area contributed by atoms with Gasteiger partial charge < -0.3 is 49.5 Å². The van der Waals surface area contributed by atoms with E-state index in [4.69, 9.17) is 23.9 Å². The smallest absolute Gasteiger partial charge is 0.333 e. The van der Waals surface area contributed by atoms with Crippen LogP contribution in [0, 0.1) is 11.8 Å². The summed E-state index contributed by atoms with van der Waals surface area (Å²) in [5.74, 6) is -2.79. The number of nitrogens with zero attached hydrogens (tertiary/aromatic N) is 1. The zero-order valence-electron chi connectivity index (χ0n) is 25.6. The highest BCUT2D eigenvalue weighted by molar-refractivity contribution is 5.90. The molecule has 5 N–H and O–H groups in total. The fraction of sp³-hybridized carbons (Fsp3) is 0.625. The van der Waals surface area contributed by atoms with Gasteiger partial charge >= 0.3 is 11.9 Å². The molecule has 1 aromatic rings. The van der Waals surface area contributed by atoms with Gasteiger partial charge in [0.25, 0.3) is 0 Å². The number of rotatable bonds is 12. The Balaban J connectivity index is 1.74. The summed E-state index contributed by atoms with van der Waals surface area (Å²) in [4.78, 5) is 28.9. The maximum Gasteiger partial charge on any atom is 0.333 e. The second-order valence-electron chi connectivity index (χ2n) is 12.0. The van der Waals surface area contributed by atoms with Crippen molar-refractivity contribution in [2.45, 2.75) is 94.6 Å². The third-order valence-electron chi connectivity index (χ3n) is 9.00. The molecule has 44 heavy (non-hydrogen) atoms. The van der Waals surface area contributed by atoms with Crippen molar-refractivity contribution in [1.29, 1.82) is 0 Å². The van der Waals surface area contributed by atoms with Crippen LogP contribution in [0.4, 0.5) is 0 Å². The molecule has 4 rings (SSSR count). The number of aliphatic carboxylic acids is 1. The van der Waals surface area contributed by atoms with E-state index in [2.05, 4.69) is 6.58 Å². The first-order chi connectivity index (χ1) is 20.9. The zero-order valence-corrected chi connectivity index (χ0v) is 25.6. The van der Waals surface area contributed by atoms with E-state index >= 15 is 0 Å². The number of carbonyl (C=O) groups is 2. The fourth-order valence-corrected chi connectivity index (χ4v) is 6.51. The molecule has 3 aliphatic rings. The molecule has 0 radical (unpaired) electrons. The number of hydrogen-bond acceptors (Lipinski definition) is 10.